The second-order valence-corrected chi connectivity index (χ2v) is 8.52. The number of anilines is 2. The van der Waals surface area contributed by atoms with E-state index in [4.69, 9.17) is 0 Å². The van der Waals surface area contributed by atoms with Crippen molar-refractivity contribution in [3.05, 3.63) is 76.8 Å². The second-order valence-electron chi connectivity index (χ2n) is 7.66. The van der Waals surface area contributed by atoms with Gasteiger partial charge in [0.05, 0.1) is 12.1 Å². The van der Waals surface area contributed by atoms with Gasteiger partial charge in [-0.25, -0.2) is 4.98 Å². The Morgan fingerprint density at radius 2 is 1.88 bits per heavy atom. The highest BCUT2D eigenvalue weighted by Gasteiger charge is 2.18. The zero-order chi connectivity index (χ0) is 22.3. The summed E-state index contributed by atoms with van der Waals surface area (Å²) in [7, 11) is 0. The molecule has 1 fully saturated rings. The third kappa shape index (κ3) is 5.79. The molecule has 164 valence electrons. The molecule has 1 aliphatic rings. The van der Waals surface area contributed by atoms with Crippen molar-refractivity contribution in [1.82, 2.24) is 9.88 Å². The van der Waals surface area contributed by atoms with Gasteiger partial charge in [-0.15, -0.1) is 11.3 Å². The highest BCUT2D eigenvalue weighted by molar-refractivity contribution is 7.14. The first-order valence-corrected chi connectivity index (χ1v) is 11.4. The lowest BCUT2D eigenvalue weighted by atomic mass is 10.1. The lowest BCUT2D eigenvalue weighted by Gasteiger charge is -2.26. The molecule has 0 unspecified atom stereocenters. The number of aromatic nitrogens is 1. The first-order valence-electron chi connectivity index (χ1n) is 10.5. The lowest BCUT2D eigenvalue weighted by molar-refractivity contribution is -0.133. The van der Waals surface area contributed by atoms with Gasteiger partial charge in [0, 0.05) is 36.1 Å². The molecule has 4 rings (SSSR count). The third-order valence-corrected chi connectivity index (χ3v) is 5.96. The van der Waals surface area contributed by atoms with E-state index in [1.54, 1.807) is 29.6 Å². The maximum atomic E-state index is 12.5. The maximum Gasteiger partial charge on any atom is 0.257 e. The minimum absolute atomic E-state index is 0.104. The highest BCUT2D eigenvalue weighted by Crippen LogP contribution is 2.19. The van der Waals surface area contributed by atoms with Crippen LogP contribution in [0.3, 0.4) is 0 Å². The number of hydrogen-bond acceptors (Lipinski definition) is 5. The fourth-order valence-electron chi connectivity index (χ4n) is 3.57. The van der Waals surface area contributed by atoms with Crippen LogP contribution < -0.4 is 10.6 Å². The van der Waals surface area contributed by atoms with Crippen molar-refractivity contribution in [3.8, 4) is 0 Å². The Labute approximate surface area is 190 Å². The summed E-state index contributed by atoms with van der Waals surface area (Å²) in [5.41, 5.74) is 2.81. The van der Waals surface area contributed by atoms with Crippen LogP contribution in [-0.4, -0.2) is 34.2 Å². The lowest BCUT2D eigenvalue weighted by Crippen LogP contribution is -2.34. The van der Waals surface area contributed by atoms with Gasteiger partial charge in [-0.3, -0.25) is 19.7 Å². The smallest absolute Gasteiger partial charge is 0.257 e. The fraction of sp³-hybridized carbons (Fsp3) is 0.250. The number of thiazole rings is 1. The number of rotatable bonds is 7. The molecule has 0 spiro atoms. The van der Waals surface area contributed by atoms with E-state index in [2.05, 4.69) is 15.6 Å². The molecule has 8 heteroatoms. The molecule has 3 amide bonds. The summed E-state index contributed by atoms with van der Waals surface area (Å²) < 4.78 is 0. The number of benzene rings is 2. The molecule has 7 nitrogen and oxygen atoms in total. The van der Waals surface area contributed by atoms with E-state index in [-0.39, 0.29) is 24.1 Å². The summed E-state index contributed by atoms with van der Waals surface area (Å²) in [6.07, 6.45) is 2.70. The van der Waals surface area contributed by atoms with E-state index < -0.39 is 0 Å². The minimum Gasteiger partial charge on any atom is -0.338 e. The van der Waals surface area contributed by atoms with Crippen molar-refractivity contribution in [2.45, 2.75) is 32.2 Å². The van der Waals surface area contributed by atoms with Gasteiger partial charge in [-0.2, -0.15) is 0 Å². The van der Waals surface area contributed by atoms with Crippen molar-refractivity contribution in [1.29, 1.82) is 0 Å². The van der Waals surface area contributed by atoms with Crippen molar-refractivity contribution < 1.29 is 14.4 Å². The highest BCUT2D eigenvalue weighted by atomic mass is 32.1. The molecule has 0 radical (unpaired) electrons. The summed E-state index contributed by atoms with van der Waals surface area (Å²) in [5.74, 6) is -0.244. The van der Waals surface area contributed by atoms with E-state index in [9.17, 15) is 14.4 Å². The zero-order valence-corrected chi connectivity index (χ0v) is 18.4. The van der Waals surface area contributed by atoms with E-state index >= 15 is 0 Å². The molecule has 0 aliphatic carbocycles. The normalized spacial score (nSPS) is 13.6. The van der Waals surface area contributed by atoms with Gasteiger partial charge in [0.15, 0.2) is 5.13 Å². The molecule has 0 saturated carbocycles. The topological polar surface area (TPSA) is 91.4 Å². The number of piperidine rings is 1. The van der Waals surface area contributed by atoms with Crippen molar-refractivity contribution in [3.63, 3.8) is 0 Å². The summed E-state index contributed by atoms with van der Waals surface area (Å²) >= 11 is 1.28. The number of amides is 3. The molecule has 2 N–H and O–H groups in total. The van der Waals surface area contributed by atoms with Crippen LogP contribution in [0.2, 0.25) is 0 Å². The molecule has 3 aromatic rings. The molecule has 0 bridgehead atoms. The number of likely N-dealkylation sites (tertiary alicyclic amines) is 1. The molecule has 1 saturated heterocycles. The van der Waals surface area contributed by atoms with Crippen LogP contribution in [-0.2, 0) is 22.6 Å². The van der Waals surface area contributed by atoms with E-state index in [1.807, 2.05) is 35.2 Å². The van der Waals surface area contributed by atoms with Crippen molar-refractivity contribution in [2.75, 3.05) is 17.2 Å². The first-order chi connectivity index (χ1) is 15.6. The Kier molecular flexibility index (Phi) is 6.91. The average Bonchev–Trinajstić information content (AvgIpc) is 3.22. The van der Waals surface area contributed by atoms with Crippen molar-refractivity contribution in [2.24, 2.45) is 0 Å². The van der Waals surface area contributed by atoms with E-state index in [1.165, 1.54) is 11.3 Å². The number of carbonyl (C=O) groups is 3. The van der Waals surface area contributed by atoms with E-state index in [0.717, 1.165) is 24.9 Å². The Morgan fingerprint density at radius 1 is 1.03 bits per heavy atom. The maximum absolute atomic E-state index is 12.5. The van der Waals surface area contributed by atoms with Crippen LogP contribution in [0.15, 0.2) is 60.0 Å². The predicted molar refractivity (Wildman–Crippen MR) is 125 cm³/mol. The fourth-order valence-corrected chi connectivity index (χ4v) is 4.28. The van der Waals surface area contributed by atoms with E-state index in [0.29, 0.717) is 35.0 Å². The molecular formula is C24H24N4O3S. The van der Waals surface area contributed by atoms with Crippen LogP contribution in [0.5, 0.6) is 0 Å². The van der Waals surface area contributed by atoms with Gasteiger partial charge in [-0.05, 0) is 42.7 Å². The first kappa shape index (κ1) is 21.7. The SMILES string of the molecule is O=C(Cc1csc(NC(=O)c2ccccc2)n1)Nc1cccc(CN2CCCCC2=O)c1. The number of nitrogens with one attached hydrogen (secondary N) is 2. The Bertz CT molecular complexity index is 1110. The molecule has 0 atom stereocenters. The molecule has 1 aromatic heterocycles. The quantitative estimate of drug-likeness (QED) is 0.570. The van der Waals surface area contributed by atoms with Crippen LogP contribution in [0.4, 0.5) is 10.8 Å². The Hall–Kier alpha value is -3.52. The average molecular weight is 449 g/mol. The summed E-state index contributed by atoms with van der Waals surface area (Å²) in [6.45, 7) is 1.33. The van der Waals surface area contributed by atoms with Gasteiger partial charge in [0.2, 0.25) is 11.8 Å². The van der Waals surface area contributed by atoms with Gasteiger partial charge in [0.1, 0.15) is 0 Å². The second kappa shape index (κ2) is 10.2. The van der Waals surface area contributed by atoms with Crippen LogP contribution in [0, 0.1) is 0 Å². The zero-order valence-electron chi connectivity index (χ0n) is 17.5. The summed E-state index contributed by atoms with van der Waals surface area (Å²) in [4.78, 5) is 43.0. The molecule has 1 aliphatic heterocycles. The summed E-state index contributed by atoms with van der Waals surface area (Å²) in [5, 5.41) is 7.86. The molecule has 32 heavy (non-hydrogen) atoms. The van der Waals surface area contributed by atoms with Gasteiger partial charge >= 0.3 is 0 Å². The summed E-state index contributed by atoms with van der Waals surface area (Å²) in [6, 6.07) is 16.5. The monoisotopic (exact) mass is 448 g/mol. The molecular weight excluding hydrogens is 424 g/mol. The van der Waals surface area contributed by atoms with Gasteiger partial charge < -0.3 is 10.2 Å². The number of carbonyl (C=O) groups excluding carboxylic acids is 3. The molecule has 2 heterocycles. The van der Waals surface area contributed by atoms with Crippen molar-refractivity contribution >= 4 is 39.9 Å². The number of nitrogens with zero attached hydrogens (tertiary/aromatic N) is 2. The molecule has 2 aromatic carbocycles. The van der Waals surface area contributed by atoms with Gasteiger partial charge in [0.25, 0.3) is 5.91 Å². The van der Waals surface area contributed by atoms with Crippen LogP contribution in [0.25, 0.3) is 0 Å². The minimum atomic E-state index is -0.236. The van der Waals surface area contributed by atoms with Crippen LogP contribution >= 0.6 is 11.3 Å². The Balaban J connectivity index is 1.31. The Morgan fingerprint density at radius 3 is 2.69 bits per heavy atom. The predicted octanol–water partition coefficient (Wildman–Crippen LogP) is 4.09. The van der Waals surface area contributed by atoms with Gasteiger partial charge in [-0.1, -0.05) is 30.3 Å². The third-order valence-electron chi connectivity index (χ3n) is 5.16. The standard InChI is InChI=1S/C24H24N4O3S/c29-21(14-20-16-32-24(26-20)27-23(31)18-8-2-1-3-9-18)25-19-10-6-7-17(13-19)15-28-12-5-4-11-22(28)30/h1-3,6-10,13,16H,4-5,11-12,14-15H2,(H,25,29)(H,26,27,31). The largest absolute Gasteiger partial charge is 0.338 e. The van der Waals surface area contributed by atoms with Crippen LogP contribution in [0.1, 0.15) is 40.9 Å². The number of hydrogen-bond donors (Lipinski definition) is 2.